The average molecular weight is 503 g/mol. The van der Waals surface area contributed by atoms with Crippen LogP contribution in [0.5, 0.6) is 5.75 Å². The number of aliphatic hydroxyl groups is 1. The van der Waals surface area contributed by atoms with Crippen molar-refractivity contribution in [3.8, 4) is 5.75 Å². The van der Waals surface area contributed by atoms with Crippen LogP contribution in [0.25, 0.3) is 0 Å². The molecule has 3 heteroatoms. The number of carbonyl (C=O) groups is 1. The quantitative estimate of drug-likeness (QED) is 0.0821. The first-order chi connectivity index (χ1) is 17.7. The summed E-state index contributed by atoms with van der Waals surface area (Å²) >= 11 is 0. The van der Waals surface area contributed by atoms with Gasteiger partial charge in [0, 0.05) is 0 Å². The Morgan fingerprint density at radius 3 is 1.69 bits per heavy atom. The van der Waals surface area contributed by atoms with E-state index in [0.717, 1.165) is 19.3 Å². The molecule has 3 nitrogen and oxygen atoms in total. The Hall–Kier alpha value is -1.35. The highest BCUT2D eigenvalue weighted by molar-refractivity contribution is 5.72. The number of benzene rings is 1. The number of rotatable bonds is 25. The number of carbonyl (C=O) groups excluding carboxylic acids is 1. The van der Waals surface area contributed by atoms with Crippen molar-refractivity contribution in [2.75, 3.05) is 0 Å². The van der Waals surface area contributed by atoms with E-state index in [1.165, 1.54) is 121 Å². The first-order valence-corrected chi connectivity index (χ1v) is 15.6. The highest BCUT2D eigenvalue weighted by Gasteiger charge is 2.13. The number of hydrogen-bond donors (Lipinski definition) is 1. The lowest BCUT2D eigenvalue weighted by molar-refractivity contribution is -0.136. The van der Waals surface area contributed by atoms with E-state index in [9.17, 15) is 9.90 Å². The SMILES string of the molecule is CCCCCCCCCCCCCCCC(O)CC(=O)Oc1cccc(CCCCCCCCC)c1. The standard InChI is InChI=1S/C33H58O3/c1-3-5-7-9-11-12-13-14-15-16-18-20-22-26-31(34)29-33(35)36-32-27-23-25-30(28-32)24-21-19-17-10-8-6-4-2/h23,25,27-28,31,34H,3-22,24,26,29H2,1-2H3. The van der Waals surface area contributed by atoms with Crippen LogP contribution in [0.1, 0.15) is 161 Å². The Morgan fingerprint density at radius 2 is 1.17 bits per heavy atom. The lowest BCUT2D eigenvalue weighted by atomic mass is 10.0. The fourth-order valence-corrected chi connectivity index (χ4v) is 4.92. The number of aliphatic hydroxyl groups excluding tert-OH is 1. The molecule has 0 radical (unpaired) electrons. The Labute approximate surface area is 223 Å². The Kier molecular flexibility index (Phi) is 21.8. The summed E-state index contributed by atoms with van der Waals surface area (Å²) in [4.78, 5) is 12.3. The topological polar surface area (TPSA) is 46.5 Å². The lowest BCUT2D eigenvalue weighted by Crippen LogP contribution is -2.17. The second-order valence-corrected chi connectivity index (χ2v) is 10.9. The van der Waals surface area contributed by atoms with Gasteiger partial charge in [0.25, 0.3) is 0 Å². The molecule has 0 bridgehead atoms. The van der Waals surface area contributed by atoms with Crippen LogP contribution in [0, 0.1) is 0 Å². The second-order valence-electron chi connectivity index (χ2n) is 10.9. The molecule has 1 N–H and O–H groups in total. The van der Waals surface area contributed by atoms with Crippen molar-refractivity contribution in [2.24, 2.45) is 0 Å². The summed E-state index contributed by atoms with van der Waals surface area (Å²) in [5.74, 6) is 0.277. The summed E-state index contributed by atoms with van der Waals surface area (Å²) in [7, 11) is 0. The molecular formula is C33H58O3. The van der Waals surface area contributed by atoms with Crippen molar-refractivity contribution in [1.29, 1.82) is 0 Å². The molecule has 0 aliphatic rings. The summed E-state index contributed by atoms with van der Waals surface area (Å²) in [6.45, 7) is 4.52. The molecule has 0 fully saturated rings. The fraction of sp³-hybridized carbons (Fsp3) is 0.788. The van der Waals surface area contributed by atoms with Gasteiger partial charge in [0.15, 0.2) is 0 Å². The fourth-order valence-electron chi connectivity index (χ4n) is 4.92. The van der Waals surface area contributed by atoms with E-state index in [0.29, 0.717) is 12.2 Å². The number of hydrogen-bond acceptors (Lipinski definition) is 3. The molecule has 1 aromatic rings. The van der Waals surface area contributed by atoms with Gasteiger partial charge in [-0.05, 0) is 37.0 Å². The van der Waals surface area contributed by atoms with Gasteiger partial charge < -0.3 is 9.84 Å². The van der Waals surface area contributed by atoms with Crippen molar-refractivity contribution < 1.29 is 14.6 Å². The molecule has 0 aliphatic heterocycles. The summed E-state index contributed by atoms with van der Waals surface area (Å²) in [6, 6.07) is 7.89. The zero-order valence-electron chi connectivity index (χ0n) is 23.9. The maximum atomic E-state index is 12.3. The summed E-state index contributed by atoms with van der Waals surface area (Å²) < 4.78 is 5.52. The van der Waals surface area contributed by atoms with Gasteiger partial charge >= 0.3 is 5.97 Å². The van der Waals surface area contributed by atoms with Crippen LogP contribution in [0.4, 0.5) is 0 Å². The second kappa shape index (κ2) is 24.0. The van der Waals surface area contributed by atoms with Crippen molar-refractivity contribution in [3.63, 3.8) is 0 Å². The van der Waals surface area contributed by atoms with E-state index in [1.54, 1.807) is 0 Å². The summed E-state index contributed by atoms with van der Waals surface area (Å²) in [5.41, 5.74) is 1.22. The molecule has 0 aromatic heterocycles. The zero-order valence-corrected chi connectivity index (χ0v) is 23.9. The molecular weight excluding hydrogens is 444 g/mol. The molecule has 1 unspecified atom stereocenters. The van der Waals surface area contributed by atoms with E-state index in [2.05, 4.69) is 19.9 Å². The third kappa shape index (κ3) is 19.8. The van der Waals surface area contributed by atoms with Crippen LogP contribution >= 0.6 is 0 Å². The van der Waals surface area contributed by atoms with Gasteiger partial charge in [-0.15, -0.1) is 0 Å². The molecule has 0 amide bonds. The van der Waals surface area contributed by atoms with E-state index in [-0.39, 0.29) is 12.4 Å². The van der Waals surface area contributed by atoms with Crippen molar-refractivity contribution in [3.05, 3.63) is 29.8 Å². The summed E-state index contributed by atoms with van der Waals surface area (Å²) in [5, 5.41) is 10.2. The molecule has 36 heavy (non-hydrogen) atoms. The van der Waals surface area contributed by atoms with Crippen LogP contribution < -0.4 is 4.74 Å². The minimum atomic E-state index is -0.596. The van der Waals surface area contributed by atoms with Crippen LogP contribution in [-0.2, 0) is 11.2 Å². The average Bonchev–Trinajstić information content (AvgIpc) is 2.86. The Balaban J connectivity index is 2.03. The monoisotopic (exact) mass is 502 g/mol. The molecule has 0 heterocycles. The third-order valence-corrected chi connectivity index (χ3v) is 7.24. The predicted molar refractivity (Wildman–Crippen MR) is 155 cm³/mol. The highest BCUT2D eigenvalue weighted by atomic mass is 16.5. The van der Waals surface area contributed by atoms with E-state index in [4.69, 9.17) is 4.74 Å². The van der Waals surface area contributed by atoms with Crippen molar-refractivity contribution in [1.82, 2.24) is 0 Å². The lowest BCUT2D eigenvalue weighted by Gasteiger charge is -2.11. The van der Waals surface area contributed by atoms with E-state index >= 15 is 0 Å². The highest BCUT2D eigenvalue weighted by Crippen LogP contribution is 2.18. The van der Waals surface area contributed by atoms with Crippen LogP contribution in [0.2, 0.25) is 0 Å². The van der Waals surface area contributed by atoms with Crippen LogP contribution in [0.15, 0.2) is 24.3 Å². The van der Waals surface area contributed by atoms with E-state index < -0.39 is 6.10 Å². The first kappa shape index (κ1) is 32.7. The molecule has 208 valence electrons. The maximum absolute atomic E-state index is 12.3. The summed E-state index contributed by atoms with van der Waals surface area (Å²) in [6.07, 6.45) is 27.4. The maximum Gasteiger partial charge on any atom is 0.313 e. The molecule has 0 saturated carbocycles. The van der Waals surface area contributed by atoms with Gasteiger partial charge in [-0.2, -0.15) is 0 Å². The Bertz CT molecular complexity index is 627. The van der Waals surface area contributed by atoms with Gasteiger partial charge in [-0.3, -0.25) is 4.79 Å². The Morgan fingerprint density at radius 1 is 0.694 bits per heavy atom. The zero-order chi connectivity index (χ0) is 26.1. The normalized spacial score (nSPS) is 12.1. The van der Waals surface area contributed by atoms with Crippen molar-refractivity contribution >= 4 is 5.97 Å². The minimum Gasteiger partial charge on any atom is -0.426 e. The van der Waals surface area contributed by atoms with Crippen molar-refractivity contribution in [2.45, 2.75) is 168 Å². The molecule has 0 aliphatic carbocycles. The number of aryl methyl sites for hydroxylation is 1. The van der Waals surface area contributed by atoms with Gasteiger partial charge in [-0.1, -0.05) is 148 Å². The molecule has 0 saturated heterocycles. The van der Waals surface area contributed by atoms with E-state index in [1.807, 2.05) is 18.2 Å². The van der Waals surface area contributed by atoms with Gasteiger partial charge in [0.2, 0.25) is 0 Å². The van der Waals surface area contributed by atoms with Crippen LogP contribution in [-0.4, -0.2) is 17.2 Å². The smallest absolute Gasteiger partial charge is 0.313 e. The number of esters is 1. The molecule has 1 rings (SSSR count). The van der Waals surface area contributed by atoms with Gasteiger partial charge in [0.1, 0.15) is 5.75 Å². The first-order valence-electron chi connectivity index (χ1n) is 15.6. The largest absolute Gasteiger partial charge is 0.426 e. The molecule has 1 atom stereocenters. The van der Waals surface area contributed by atoms with Gasteiger partial charge in [0.05, 0.1) is 12.5 Å². The predicted octanol–water partition coefficient (Wildman–Crippen LogP) is 10.1. The van der Waals surface area contributed by atoms with Gasteiger partial charge in [-0.25, -0.2) is 0 Å². The third-order valence-electron chi connectivity index (χ3n) is 7.24. The molecule has 1 aromatic carbocycles. The van der Waals surface area contributed by atoms with Crippen LogP contribution in [0.3, 0.4) is 0 Å². The number of unbranched alkanes of at least 4 members (excludes halogenated alkanes) is 18. The molecule has 0 spiro atoms. The number of ether oxygens (including phenoxy) is 1. The minimum absolute atomic E-state index is 0.0836.